The van der Waals surface area contributed by atoms with Crippen molar-refractivity contribution >= 4 is 5.91 Å². The first-order valence-electron chi connectivity index (χ1n) is 7.33. The Balaban J connectivity index is 1.70. The summed E-state index contributed by atoms with van der Waals surface area (Å²) < 4.78 is 10.8. The van der Waals surface area contributed by atoms with Crippen molar-refractivity contribution in [3.63, 3.8) is 0 Å². The Kier molecular flexibility index (Phi) is 5.80. The lowest BCUT2D eigenvalue weighted by atomic mass is 10.2. The van der Waals surface area contributed by atoms with E-state index in [1.807, 2.05) is 31.2 Å². The highest BCUT2D eigenvalue weighted by molar-refractivity contribution is 5.77. The normalized spacial score (nSPS) is 10.2. The molecule has 0 fully saturated rings. The monoisotopic (exact) mass is 316 g/mol. The summed E-state index contributed by atoms with van der Waals surface area (Å²) in [5.74, 6) is 0.626. The number of H-pyrrole nitrogens is 1. The number of hydrogen-bond acceptors (Lipinski definition) is 4. The van der Waals surface area contributed by atoms with E-state index in [9.17, 15) is 9.59 Å². The second kappa shape index (κ2) is 8.03. The summed E-state index contributed by atoms with van der Waals surface area (Å²) in [6.45, 7) is 4.21. The fraction of sp³-hybridized carbons (Fsp3) is 0.294. The van der Waals surface area contributed by atoms with Gasteiger partial charge in [-0.15, -0.1) is 0 Å². The highest BCUT2D eigenvalue weighted by Crippen LogP contribution is 2.11. The van der Waals surface area contributed by atoms with E-state index in [4.69, 9.17) is 9.47 Å². The number of pyridine rings is 1. The number of carbonyl (C=O) groups is 1. The van der Waals surface area contributed by atoms with Crippen molar-refractivity contribution in [2.75, 3.05) is 19.8 Å². The van der Waals surface area contributed by atoms with Crippen molar-refractivity contribution in [1.82, 2.24) is 10.3 Å². The second-order valence-corrected chi connectivity index (χ2v) is 5.10. The van der Waals surface area contributed by atoms with Crippen LogP contribution in [0.4, 0.5) is 0 Å². The minimum atomic E-state index is -0.305. The molecule has 0 unspecified atom stereocenters. The SMILES string of the molecule is Cc1cccc(OCCNC(=O)COc2c(C)[nH]ccc2=O)c1. The summed E-state index contributed by atoms with van der Waals surface area (Å²) in [7, 11) is 0. The topological polar surface area (TPSA) is 80.4 Å². The third-order valence-corrected chi connectivity index (χ3v) is 3.13. The van der Waals surface area contributed by atoms with Crippen molar-refractivity contribution in [2.24, 2.45) is 0 Å². The van der Waals surface area contributed by atoms with E-state index in [0.717, 1.165) is 11.3 Å². The number of aryl methyl sites for hydroxylation is 2. The van der Waals surface area contributed by atoms with Gasteiger partial charge in [0, 0.05) is 12.3 Å². The first kappa shape index (κ1) is 16.6. The van der Waals surface area contributed by atoms with Crippen LogP contribution in [0.15, 0.2) is 41.3 Å². The van der Waals surface area contributed by atoms with E-state index in [-0.39, 0.29) is 23.7 Å². The Morgan fingerprint density at radius 3 is 2.78 bits per heavy atom. The van der Waals surface area contributed by atoms with Gasteiger partial charge in [0.05, 0.1) is 12.2 Å². The molecule has 0 radical (unpaired) electrons. The van der Waals surface area contributed by atoms with Gasteiger partial charge >= 0.3 is 0 Å². The zero-order valence-electron chi connectivity index (χ0n) is 13.2. The van der Waals surface area contributed by atoms with Gasteiger partial charge in [-0.3, -0.25) is 9.59 Å². The van der Waals surface area contributed by atoms with Crippen LogP contribution in [0.1, 0.15) is 11.3 Å². The van der Waals surface area contributed by atoms with E-state index >= 15 is 0 Å². The lowest BCUT2D eigenvalue weighted by Crippen LogP contribution is -2.33. The van der Waals surface area contributed by atoms with E-state index < -0.39 is 0 Å². The molecule has 0 aliphatic carbocycles. The highest BCUT2D eigenvalue weighted by atomic mass is 16.5. The first-order chi connectivity index (χ1) is 11.1. The number of amides is 1. The molecule has 122 valence electrons. The van der Waals surface area contributed by atoms with Gasteiger partial charge in [0.25, 0.3) is 5.91 Å². The molecule has 6 nitrogen and oxygen atoms in total. The quantitative estimate of drug-likeness (QED) is 0.760. The maximum Gasteiger partial charge on any atom is 0.258 e. The van der Waals surface area contributed by atoms with E-state index in [2.05, 4.69) is 10.3 Å². The summed E-state index contributed by atoms with van der Waals surface area (Å²) in [6, 6.07) is 9.05. The molecule has 6 heteroatoms. The number of ether oxygens (including phenoxy) is 2. The average Bonchev–Trinajstić information content (AvgIpc) is 2.51. The van der Waals surface area contributed by atoms with Gasteiger partial charge in [-0.2, -0.15) is 0 Å². The molecule has 2 rings (SSSR count). The number of rotatable bonds is 7. The summed E-state index contributed by atoms with van der Waals surface area (Å²) in [4.78, 5) is 26.2. The number of hydrogen-bond donors (Lipinski definition) is 2. The van der Waals surface area contributed by atoms with Crippen molar-refractivity contribution in [1.29, 1.82) is 0 Å². The summed E-state index contributed by atoms with van der Waals surface area (Å²) in [5.41, 5.74) is 1.45. The maximum absolute atomic E-state index is 11.7. The van der Waals surface area contributed by atoms with E-state index in [1.54, 1.807) is 6.92 Å². The van der Waals surface area contributed by atoms with Gasteiger partial charge in [-0.25, -0.2) is 0 Å². The van der Waals surface area contributed by atoms with Crippen LogP contribution < -0.4 is 20.2 Å². The third kappa shape index (κ3) is 5.18. The van der Waals surface area contributed by atoms with E-state index in [1.165, 1.54) is 12.3 Å². The molecule has 1 amide bonds. The van der Waals surface area contributed by atoms with Crippen LogP contribution in [0, 0.1) is 13.8 Å². The molecule has 0 bridgehead atoms. The minimum Gasteiger partial charge on any atom is -0.492 e. The van der Waals surface area contributed by atoms with Gasteiger partial charge in [0.1, 0.15) is 12.4 Å². The highest BCUT2D eigenvalue weighted by Gasteiger charge is 2.07. The molecule has 2 N–H and O–H groups in total. The first-order valence-corrected chi connectivity index (χ1v) is 7.33. The predicted molar refractivity (Wildman–Crippen MR) is 87.0 cm³/mol. The number of benzene rings is 1. The van der Waals surface area contributed by atoms with Crippen molar-refractivity contribution in [3.8, 4) is 11.5 Å². The van der Waals surface area contributed by atoms with Gasteiger partial charge in [-0.1, -0.05) is 12.1 Å². The van der Waals surface area contributed by atoms with Crippen LogP contribution in [0.3, 0.4) is 0 Å². The van der Waals surface area contributed by atoms with Crippen LogP contribution in [-0.4, -0.2) is 30.6 Å². The van der Waals surface area contributed by atoms with Crippen LogP contribution in [0.5, 0.6) is 11.5 Å². The smallest absolute Gasteiger partial charge is 0.258 e. The van der Waals surface area contributed by atoms with Crippen molar-refractivity contribution in [3.05, 3.63) is 58.0 Å². The zero-order valence-corrected chi connectivity index (χ0v) is 13.2. The molecule has 1 aromatic carbocycles. The molecule has 0 aliphatic rings. The second-order valence-electron chi connectivity index (χ2n) is 5.10. The molecule has 0 atom stereocenters. The maximum atomic E-state index is 11.7. The number of aromatic nitrogens is 1. The Labute approximate surface area is 134 Å². The molecule has 0 aliphatic heterocycles. The molecule has 0 saturated carbocycles. The van der Waals surface area contributed by atoms with Crippen LogP contribution in [0.25, 0.3) is 0 Å². The minimum absolute atomic E-state index is 0.165. The van der Waals surface area contributed by atoms with Gasteiger partial charge in [-0.05, 0) is 31.5 Å². The van der Waals surface area contributed by atoms with Gasteiger partial charge < -0.3 is 19.8 Å². The Morgan fingerprint density at radius 2 is 2.04 bits per heavy atom. The predicted octanol–water partition coefficient (Wildman–Crippen LogP) is 1.57. The van der Waals surface area contributed by atoms with Crippen molar-refractivity contribution < 1.29 is 14.3 Å². The van der Waals surface area contributed by atoms with Crippen LogP contribution >= 0.6 is 0 Å². The number of nitrogens with one attached hydrogen (secondary N) is 2. The molecule has 23 heavy (non-hydrogen) atoms. The summed E-state index contributed by atoms with van der Waals surface area (Å²) in [6.07, 6.45) is 1.53. The van der Waals surface area contributed by atoms with Gasteiger partial charge in [0.2, 0.25) is 5.43 Å². The van der Waals surface area contributed by atoms with Gasteiger partial charge in [0.15, 0.2) is 12.4 Å². The number of carbonyl (C=O) groups excluding carboxylic acids is 1. The number of aromatic amines is 1. The molecule has 0 spiro atoms. The molecular weight excluding hydrogens is 296 g/mol. The standard InChI is InChI=1S/C17H20N2O4/c1-12-4-3-5-14(10-12)22-9-8-19-16(21)11-23-17-13(2)18-7-6-15(17)20/h3-7,10H,8-9,11H2,1-2H3,(H,18,20)(H,19,21). The Hall–Kier alpha value is -2.76. The molecule has 0 saturated heterocycles. The Morgan fingerprint density at radius 1 is 1.22 bits per heavy atom. The fourth-order valence-electron chi connectivity index (χ4n) is 2.00. The zero-order chi connectivity index (χ0) is 16.7. The molecular formula is C17H20N2O4. The largest absolute Gasteiger partial charge is 0.492 e. The lowest BCUT2D eigenvalue weighted by molar-refractivity contribution is -0.123. The Bertz CT molecular complexity index is 725. The van der Waals surface area contributed by atoms with Crippen LogP contribution in [0.2, 0.25) is 0 Å². The van der Waals surface area contributed by atoms with Crippen molar-refractivity contribution in [2.45, 2.75) is 13.8 Å². The van der Waals surface area contributed by atoms with Crippen LogP contribution in [-0.2, 0) is 4.79 Å². The summed E-state index contributed by atoms with van der Waals surface area (Å²) in [5, 5.41) is 2.68. The average molecular weight is 316 g/mol. The molecule has 2 aromatic rings. The lowest BCUT2D eigenvalue weighted by Gasteiger charge is -2.10. The fourth-order valence-corrected chi connectivity index (χ4v) is 2.00. The molecule has 1 heterocycles. The molecule has 1 aromatic heterocycles. The summed E-state index contributed by atoms with van der Waals surface area (Å²) >= 11 is 0. The third-order valence-electron chi connectivity index (χ3n) is 3.13. The van der Waals surface area contributed by atoms with E-state index in [0.29, 0.717) is 18.8 Å².